The molecule has 0 radical (unpaired) electrons. The van der Waals surface area contributed by atoms with Gasteiger partial charge in [-0.05, 0) is 137 Å². The minimum Gasteiger partial charge on any atom is -0.0853 e. The van der Waals surface area contributed by atoms with E-state index in [0.29, 0.717) is 9.74 Å². The molecular formula is C34H45BrFe. The van der Waals surface area contributed by atoms with Crippen LogP contribution in [0, 0.1) is 49.4 Å². The minimum atomic E-state index is 0. The van der Waals surface area contributed by atoms with E-state index in [4.69, 9.17) is 0 Å². The number of halogens is 1. The average Bonchev–Trinajstić information content (AvgIpc) is 2.78. The molecule has 2 aromatic carbocycles. The third-order valence-electron chi connectivity index (χ3n) is 10.6. The summed E-state index contributed by atoms with van der Waals surface area (Å²) < 4.78 is 0.613. The molecule has 196 valence electrons. The van der Waals surface area contributed by atoms with Crippen molar-refractivity contribution in [3.05, 3.63) is 71.3 Å². The third-order valence-corrected chi connectivity index (χ3v) is 11.6. The molecule has 8 aliphatic carbocycles. The van der Waals surface area contributed by atoms with E-state index >= 15 is 0 Å². The zero-order valence-electron chi connectivity index (χ0n) is 22.4. The van der Waals surface area contributed by atoms with Gasteiger partial charge in [0.05, 0.1) is 0 Å². The Morgan fingerprint density at radius 2 is 0.889 bits per heavy atom. The first-order valence-corrected chi connectivity index (χ1v) is 15.4. The van der Waals surface area contributed by atoms with Crippen LogP contribution in [-0.2, 0) is 22.5 Å². The Morgan fingerprint density at radius 3 is 1.22 bits per heavy atom. The maximum absolute atomic E-state index is 3.96. The molecule has 0 unspecified atom stereocenters. The van der Waals surface area contributed by atoms with Crippen molar-refractivity contribution in [2.75, 3.05) is 0 Å². The smallest absolute Gasteiger partial charge is 0.0266 e. The second kappa shape index (κ2) is 10.9. The van der Waals surface area contributed by atoms with Crippen molar-refractivity contribution in [2.24, 2.45) is 35.5 Å². The summed E-state index contributed by atoms with van der Waals surface area (Å²) in [6.07, 6.45) is 18.2. The van der Waals surface area contributed by atoms with E-state index in [2.05, 4.69) is 66.2 Å². The van der Waals surface area contributed by atoms with Crippen molar-refractivity contribution in [3.8, 4) is 0 Å². The van der Waals surface area contributed by atoms with Crippen molar-refractivity contribution >= 4 is 15.9 Å². The van der Waals surface area contributed by atoms with Gasteiger partial charge in [0.1, 0.15) is 0 Å². The zero-order chi connectivity index (χ0) is 24.0. The summed E-state index contributed by atoms with van der Waals surface area (Å²) in [5, 5.41) is 0. The summed E-state index contributed by atoms with van der Waals surface area (Å²) in [5.74, 6) is 6.47. The second-order valence-corrected chi connectivity index (χ2v) is 15.5. The Balaban J connectivity index is 0.000000121. The molecule has 0 aromatic heterocycles. The normalized spacial score (nSPS) is 40.4. The van der Waals surface area contributed by atoms with Crippen molar-refractivity contribution in [1.29, 1.82) is 0 Å². The monoisotopic (exact) mass is 588 g/mol. The van der Waals surface area contributed by atoms with Gasteiger partial charge in [0.15, 0.2) is 0 Å². The van der Waals surface area contributed by atoms with E-state index in [1.807, 2.05) is 18.2 Å². The van der Waals surface area contributed by atoms with Crippen molar-refractivity contribution < 1.29 is 17.1 Å². The molecule has 8 saturated carbocycles. The van der Waals surface area contributed by atoms with E-state index in [0.717, 1.165) is 35.5 Å². The Bertz CT molecular complexity index is 923. The van der Waals surface area contributed by atoms with E-state index < -0.39 is 0 Å². The predicted octanol–water partition coefficient (Wildman–Crippen LogP) is 9.81. The molecular weight excluding hydrogens is 544 g/mol. The van der Waals surface area contributed by atoms with Gasteiger partial charge in [-0.25, -0.2) is 0 Å². The molecule has 2 heteroatoms. The first-order valence-electron chi connectivity index (χ1n) is 14.6. The van der Waals surface area contributed by atoms with Crippen LogP contribution >= 0.6 is 15.9 Å². The predicted molar refractivity (Wildman–Crippen MR) is 152 cm³/mol. The molecule has 0 heterocycles. The first kappa shape index (κ1) is 27.0. The summed E-state index contributed by atoms with van der Waals surface area (Å²) in [7, 11) is 0. The first-order chi connectivity index (χ1) is 16.9. The molecule has 0 saturated heterocycles. The Hall–Kier alpha value is -0.561. The third kappa shape index (κ3) is 5.87. The van der Waals surface area contributed by atoms with Gasteiger partial charge in [0, 0.05) is 21.4 Å². The molecule has 0 aliphatic heterocycles. The summed E-state index contributed by atoms with van der Waals surface area (Å²) >= 11 is 3.96. The van der Waals surface area contributed by atoms with Gasteiger partial charge >= 0.3 is 0 Å². The van der Waals surface area contributed by atoms with Crippen LogP contribution in [0.4, 0.5) is 0 Å². The fourth-order valence-corrected chi connectivity index (χ4v) is 11.3. The second-order valence-electron chi connectivity index (χ2n) is 13.8. The Labute approximate surface area is 239 Å². The van der Waals surface area contributed by atoms with Crippen molar-refractivity contribution in [1.82, 2.24) is 0 Å². The van der Waals surface area contributed by atoms with Crippen LogP contribution < -0.4 is 0 Å². The number of hydrogen-bond donors (Lipinski definition) is 0. The number of rotatable bonds is 1. The molecule has 0 atom stereocenters. The molecule has 10 rings (SSSR count). The van der Waals surface area contributed by atoms with Crippen LogP contribution in [0.3, 0.4) is 0 Å². The van der Waals surface area contributed by atoms with Gasteiger partial charge in [0.25, 0.3) is 0 Å². The molecule has 36 heavy (non-hydrogen) atoms. The fourth-order valence-electron chi connectivity index (χ4n) is 9.91. The van der Waals surface area contributed by atoms with E-state index in [9.17, 15) is 0 Å². The van der Waals surface area contributed by atoms with Crippen LogP contribution in [0.1, 0.15) is 93.7 Å². The minimum absolute atomic E-state index is 0. The molecule has 0 spiro atoms. The van der Waals surface area contributed by atoms with Gasteiger partial charge in [-0.15, -0.1) is 0 Å². The van der Waals surface area contributed by atoms with Gasteiger partial charge < -0.3 is 0 Å². The van der Waals surface area contributed by atoms with Crippen LogP contribution in [0.25, 0.3) is 0 Å². The molecule has 0 nitrogen and oxygen atoms in total. The topological polar surface area (TPSA) is 0 Å². The van der Waals surface area contributed by atoms with Gasteiger partial charge in [0.2, 0.25) is 0 Å². The van der Waals surface area contributed by atoms with E-state index in [-0.39, 0.29) is 17.1 Å². The van der Waals surface area contributed by atoms with E-state index in [1.54, 1.807) is 44.1 Å². The maximum Gasteiger partial charge on any atom is 0.0266 e. The van der Waals surface area contributed by atoms with Gasteiger partial charge in [-0.1, -0.05) is 81.7 Å². The van der Waals surface area contributed by atoms with Crippen LogP contribution in [0.2, 0.25) is 0 Å². The molecule has 0 amide bonds. The maximum atomic E-state index is 3.96. The molecule has 2 aromatic rings. The van der Waals surface area contributed by atoms with E-state index in [1.165, 1.54) is 49.7 Å². The Morgan fingerprint density at radius 1 is 0.528 bits per heavy atom. The van der Waals surface area contributed by atoms with Gasteiger partial charge in [-0.2, -0.15) is 0 Å². The molecule has 8 aliphatic rings. The number of alkyl halides is 1. The largest absolute Gasteiger partial charge is 0.0853 e. The molecule has 8 bridgehead atoms. The molecule has 0 N–H and O–H groups in total. The SMILES string of the molecule is BrC12CC3CC(CC(C3)C1)C2.Cc1ccc(C23CC4CC(CC(C4)C2)C3)cc1.Cc1ccccc1.[Fe]. The summed E-state index contributed by atoms with van der Waals surface area (Å²) in [4.78, 5) is 0. The molecule has 8 fully saturated rings. The van der Waals surface area contributed by atoms with Crippen LogP contribution in [0.5, 0.6) is 0 Å². The summed E-state index contributed by atoms with van der Waals surface area (Å²) in [5.41, 5.74) is 4.96. The Kier molecular flexibility index (Phi) is 8.18. The number of aryl methyl sites for hydroxylation is 2. The number of benzene rings is 2. The van der Waals surface area contributed by atoms with Crippen molar-refractivity contribution in [3.63, 3.8) is 0 Å². The average molecular weight is 589 g/mol. The quantitative estimate of drug-likeness (QED) is 0.230. The number of hydrogen-bond acceptors (Lipinski definition) is 0. The zero-order valence-corrected chi connectivity index (χ0v) is 25.1. The van der Waals surface area contributed by atoms with Crippen molar-refractivity contribution in [2.45, 2.75) is 101 Å². The fraction of sp³-hybridized carbons (Fsp3) is 0.647. The standard InChI is InChI=1S/C17H22.C10H15Br.C7H8.Fe/c1-12-2-4-16(5-3-12)17-9-13-6-14(10-17)8-15(7-13)11-17;11-10-4-7-1-8(5-10)3-9(2-7)6-10;1-7-5-3-2-4-6-7;/h2-5,13-15H,6-11H2,1H3;7-9H,1-6H2;2-6H,1H3;. The summed E-state index contributed by atoms with van der Waals surface area (Å²) in [6.45, 7) is 4.28. The van der Waals surface area contributed by atoms with Crippen LogP contribution in [-0.4, -0.2) is 4.32 Å². The van der Waals surface area contributed by atoms with Crippen LogP contribution in [0.15, 0.2) is 54.6 Å². The van der Waals surface area contributed by atoms with Gasteiger partial charge in [-0.3, -0.25) is 0 Å². The summed E-state index contributed by atoms with van der Waals surface area (Å²) in [6, 6.07) is 19.7.